The summed E-state index contributed by atoms with van der Waals surface area (Å²) in [6.45, 7) is 2.57. The van der Waals surface area contributed by atoms with Crippen LogP contribution in [0.1, 0.15) is 41.9 Å². The van der Waals surface area contributed by atoms with E-state index in [1.165, 1.54) is 0 Å². The Morgan fingerprint density at radius 3 is 2.34 bits per heavy atom. The van der Waals surface area contributed by atoms with E-state index in [4.69, 9.17) is 23.2 Å². The van der Waals surface area contributed by atoms with E-state index in [9.17, 15) is 4.79 Å². The van der Waals surface area contributed by atoms with E-state index in [1.54, 1.807) is 18.2 Å². The molecule has 8 heteroatoms. The van der Waals surface area contributed by atoms with Crippen molar-refractivity contribution in [1.82, 2.24) is 15.3 Å². The lowest BCUT2D eigenvalue weighted by Crippen LogP contribution is -2.34. The number of benzene rings is 1. The lowest BCUT2D eigenvalue weighted by atomic mass is 9.86. The molecule has 6 nitrogen and oxygen atoms in total. The first kappa shape index (κ1) is 21.7. The Hall–Kier alpha value is -2.05. The molecule has 2 aromatic rings. The van der Waals surface area contributed by atoms with Gasteiger partial charge in [0.25, 0.3) is 5.91 Å². The number of rotatable bonds is 6. The van der Waals surface area contributed by atoms with Gasteiger partial charge in [0.15, 0.2) is 0 Å². The molecular weight excluding hydrogens is 409 g/mol. The van der Waals surface area contributed by atoms with Crippen molar-refractivity contribution in [3.05, 3.63) is 45.7 Å². The minimum absolute atomic E-state index is 0.137. The van der Waals surface area contributed by atoms with E-state index in [1.807, 2.05) is 32.0 Å². The van der Waals surface area contributed by atoms with Gasteiger partial charge in [0, 0.05) is 48.4 Å². The molecule has 156 valence electrons. The van der Waals surface area contributed by atoms with Crippen LogP contribution in [0.5, 0.6) is 0 Å². The molecule has 1 aliphatic carbocycles. The number of nitrogens with zero attached hydrogens (tertiary/aromatic N) is 3. The predicted octanol–water partition coefficient (Wildman–Crippen LogP) is 4.56. The van der Waals surface area contributed by atoms with Crippen LogP contribution >= 0.6 is 23.2 Å². The van der Waals surface area contributed by atoms with Gasteiger partial charge in [-0.25, -0.2) is 9.97 Å². The van der Waals surface area contributed by atoms with Gasteiger partial charge < -0.3 is 15.5 Å². The highest BCUT2D eigenvalue weighted by atomic mass is 35.5. The fourth-order valence-corrected chi connectivity index (χ4v) is 4.13. The van der Waals surface area contributed by atoms with Gasteiger partial charge in [-0.2, -0.15) is 0 Å². The van der Waals surface area contributed by atoms with Crippen LogP contribution in [0.3, 0.4) is 0 Å². The van der Waals surface area contributed by atoms with Gasteiger partial charge in [-0.05, 0) is 56.7 Å². The van der Waals surface area contributed by atoms with Gasteiger partial charge in [-0.15, -0.1) is 0 Å². The minimum Gasteiger partial charge on any atom is -0.367 e. The fourth-order valence-electron chi connectivity index (χ4n) is 3.60. The summed E-state index contributed by atoms with van der Waals surface area (Å²) in [6, 6.07) is 7.26. The SMILES string of the molecule is Cc1nc(NC2CCC(CNC(=O)c3cc(Cl)cc(Cl)c3)CC2)cc(N(C)C)n1. The molecule has 0 bridgehead atoms. The molecule has 1 fully saturated rings. The van der Waals surface area contributed by atoms with Crippen molar-refractivity contribution in [3.8, 4) is 0 Å². The maximum absolute atomic E-state index is 12.4. The highest BCUT2D eigenvalue weighted by Crippen LogP contribution is 2.27. The van der Waals surface area contributed by atoms with Gasteiger partial charge in [-0.1, -0.05) is 23.2 Å². The third-order valence-electron chi connectivity index (χ3n) is 5.16. The number of halogens is 2. The number of hydrogen-bond donors (Lipinski definition) is 2. The summed E-state index contributed by atoms with van der Waals surface area (Å²) in [5.74, 6) is 2.86. The lowest BCUT2D eigenvalue weighted by molar-refractivity contribution is 0.0943. The topological polar surface area (TPSA) is 70.2 Å². The van der Waals surface area contributed by atoms with Gasteiger partial charge in [-0.3, -0.25) is 4.79 Å². The molecule has 1 aromatic heterocycles. The molecular formula is C21H27Cl2N5O. The lowest BCUT2D eigenvalue weighted by Gasteiger charge is -2.29. The molecule has 1 amide bonds. The van der Waals surface area contributed by atoms with E-state index in [0.717, 1.165) is 43.1 Å². The van der Waals surface area contributed by atoms with Crippen molar-refractivity contribution in [2.24, 2.45) is 5.92 Å². The summed E-state index contributed by atoms with van der Waals surface area (Å²) in [4.78, 5) is 23.3. The van der Waals surface area contributed by atoms with Crippen molar-refractivity contribution in [3.63, 3.8) is 0 Å². The smallest absolute Gasteiger partial charge is 0.251 e. The third kappa shape index (κ3) is 6.21. The number of aromatic nitrogens is 2. The molecule has 29 heavy (non-hydrogen) atoms. The Kier molecular flexibility index (Phi) is 7.19. The van der Waals surface area contributed by atoms with E-state index in [-0.39, 0.29) is 5.91 Å². The molecule has 0 radical (unpaired) electrons. The maximum atomic E-state index is 12.4. The van der Waals surface area contributed by atoms with Gasteiger partial charge in [0.2, 0.25) is 0 Å². The number of carbonyl (C=O) groups excluding carboxylic acids is 1. The van der Waals surface area contributed by atoms with Crippen LogP contribution in [0.4, 0.5) is 11.6 Å². The molecule has 0 unspecified atom stereocenters. The number of anilines is 2. The fraction of sp³-hybridized carbons (Fsp3) is 0.476. The normalized spacial score (nSPS) is 18.9. The molecule has 1 heterocycles. The predicted molar refractivity (Wildman–Crippen MR) is 119 cm³/mol. The molecule has 3 rings (SSSR count). The van der Waals surface area contributed by atoms with E-state index >= 15 is 0 Å². The zero-order valence-electron chi connectivity index (χ0n) is 17.0. The van der Waals surface area contributed by atoms with Crippen molar-refractivity contribution in [1.29, 1.82) is 0 Å². The Bertz CT molecular complexity index is 846. The first-order chi connectivity index (χ1) is 13.8. The Balaban J connectivity index is 1.48. The summed E-state index contributed by atoms with van der Waals surface area (Å²) in [6.07, 6.45) is 4.20. The van der Waals surface area contributed by atoms with Crippen molar-refractivity contribution >= 4 is 40.7 Å². The quantitative estimate of drug-likeness (QED) is 0.695. The maximum Gasteiger partial charge on any atom is 0.251 e. The number of hydrogen-bond acceptors (Lipinski definition) is 5. The standard InChI is InChI=1S/C21H27Cl2N5O/c1-13-25-19(11-20(26-13)28(2)3)27-18-6-4-14(5-7-18)12-24-21(29)15-8-16(22)10-17(23)9-15/h8-11,14,18H,4-7,12H2,1-3H3,(H,24,29)(H,25,26,27). The third-order valence-corrected chi connectivity index (χ3v) is 5.59. The second-order valence-corrected chi connectivity index (χ2v) is 8.66. The monoisotopic (exact) mass is 435 g/mol. The Labute approximate surface area is 182 Å². The van der Waals surface area contributed by atoms with E-state index < -0.39 is 0 Å². The number of amides is 1. The summed E-state index contributed by atoms with van der Waals surface area (Å²) in [7, 11) is 3.95. The second kappa shape index (κ2) is 9.63. The summed E-state index contributed by atoms with van der Waals surface area (Å²) < 4.78 is 0. The van der Waals surface area contributed by atoms with Crippen LogP contribution in [0.15, 0.2) is 24.3 Å². The van der Waals surface area contributed by atoms with Crippen LogP contribution in [0.2, 0.25) is 10.0 Å². The average Bonchev–Trinajstić information content (AvgIpc) is 2.66. The van der Waals surface area contributed by atoms with Crippen LogP contribution in [-0.4, -0.2) is 42.6 Å². The molecule has 0 aliphatic heterocycles. The molecule has 2 N–H and O–H groups in total. The summed E-state index contributed by atoms with van der Waals surface area (Å²) in [5, 5.41) is 7.49. The highest BCUT2D eigenvalue weighted by Gasteiger charge is 2.22. The first-order valence-corrected chi connectivity index (χ1v) is 10.6. The summed E-state index contributed by atoms with van der Waals surface area (Å²) in [5.41, 5.74) is 0.494. The summed E-state index contributed by atoms with van der Waals surface area (Å²) >= 11 is 12.0. The van der Waals surface area contributed by atoms with Crippen LogP contribution in [0.25, 0.3) is 0 Å². The zero-order valence-corrected chi connectivity index (χ0v) is 18.5. The zero-order chi connectivity index (χ0) is 21.0. The van der Waals surface area contributed by atoms with Gasteiger partial charge in [0.05, 0.1) is 0 Å². The highest BCUT2D eigenvalue weighted by molar-refractivity contribution is 6.35. The van der Waals surface area contributed by atoms with E-state index in [0.29, 0.717) is 34.1 Å². The number of carbonyl (C=O) groups is 1. The molecule has 0 saturated heterocycles. The Morgan fingerprint density at radius 2 is 1.72 bits per heavy atom. The van der Waals surface area contributed by atoms with Crippen LogP contribution in [0, 0.1) is 12.8 Å². The van der Waals surface area contributed by atoms with Gasteiger partial charge in [0.1, 0.15) is 17.5 Å². The average molecular weight is 436 g/mol. The second-order valence-electron chi connectivity index (χ2n) is 7.78. The molecule has 1 aromatic carbocycles. The molecule has 0 atom stereocenters. The van der Waals surface area contributed by atoms with Crippen molar-refractivity contribution in [2.45, 2.75) is 38.6 Å². The largest absolute Gasteiger partial charge is 0.367 e. The first-order valence-electron chi connectivity index (χ1n) is 9.84. The van der Waals surface area contributed by atoms with E-state index in [2.05, 4.69) is 20.6 Å². The van der Waals surface area contributed by atoms with Crippen molar-refractivity contribution in [2.75, 3.05) is 30.9 Å². The minimum atomic E-state index is -0.137. The molecule has 0 spiro atoms. The molecule has 1 aliphatic rings. The number of nitrogens with one attached hydrogen (secondary N) is 2. The van der Waals surface area contributed by atoms with Crippen LogP contribution < -0.4 is 15.5 Å². The Morgan fingerprint density at radius 1 is 1.07 bits per heavy atom. The van der Waals surface area contributed by atoms with Crippen molar-refractivity contribution < 1.29 is 4.79 Å². The molecule has 1 saturated carbocycles. The van der Waals surface area contributed by atoms with Gasteiger partial charge >= 0.3 is 0 Å². The van der Waals surface area contributed by atoms with Crippen LogP contribution in [-0.2, 0) is 0 Å². The number of aryl methyl sites for hydroxylation is 1.